The molecule has 4 saturated carbocycles. The molecule has 6 aliphatic rings. The minimum Gasteiger partial charge on any atom is -0.457 e. The maximum atomic E-state index is 13.5. The van der Waals surface area contributed by atoms with Crippen LogP contribution in [0, 0.1) is 34.5 Å². The first-order chi connectivity index (χ1) is 17.0. The molecule has 9 nitrogen and oxygen atoms in total. The quantitative estimate of drug-likeness (QED) is 0.262. The molecule has 37 heavy (non-hydrogen) atoms. The van der Waals surface area contributed by atoms with Crippen LogP contribution in [0.1, 0.15) is 79.6 Å². The fourth-order valence-corrected chi connectivity index (χ4v) is 10.1. The molecule has 0 aromatic heterocycles. The Labute approximate surface area is 217 Å². The highest BCUT2D eigenvalue weighted by Gasteiger charge is 2.82. The molecule has 0 unspecified atom stereocenters. The molecular formula is C28H42O9. The van der Waals surface area contributed by atoms with Crippen LogP contribution in [0.2, 0.25) is 0 Å². The van der Waals surface area contributed by atoms with Crippen molar-refractivity contribution in [3.8, 4) is 0 Å². The molecule has 1 spiro atoms. The molecule has 0 amide bonds. The number of Topliss-reactive ketones (excluding diaryl/α,β-unsaturated/α-hetero) is 1. The number of cyclic esters (lactones) is 1. The fourth-order valence-electron chi connectivity index (χ4n) is 10.1. The average Bonchev–Trinajstić information content (AvgIpc) is 3.42. The zero-order valence-electron chi connectivity index (χ0n) is 22.4. The predicted octanol–water partition coefficient (Wildman–Crippen LogP) is 0.856. The molecule has 6 rings (SSSR count). The summed E-state index contributed by atoms with van der Waals surface area (Å²) in [6.45, 7) is 8.45. The lowest BCUT2D eigenvalue weighted by Crippen LogP contribution is -2.69. The van der Waals surface area contributed by atoms with Gasteiger partial charge in [-0.15, -0.1) is 0 Å². The standard InChI is InChI=1S/C28H42O9/c1-23-9-8-15-13(10-19-28(37-19)21(31)16(29)11-18(30)25(15,28)3)14(23)6-7-17(23)26(4,34)20-12-24(2,33)27(5,35)22(32)36-20/h13-17,19-21,29,31,33-35H,6-12H2,1-5H3/t13-,14-,15-,16-,17-,19+,20-,21-,23-,24-,25-,26+,27-,28-/m0/s1. The smallest absolute Gasteiger partial charge is 0.341 e. The molecule has 0 radical (unpaired) electrons. The molecule has 0 aromatic rings. The van der Waals surface area contributed by atoms with Crippen molar-refractivity contribution in [3.05, 3.63) is 0 Å². The number of aliphatic hydroxyl groups excluding tert-OH is 2. The molecule has 4 aliphatic carbocycles. The van der Waals surface area contributed by atoms with Gasteiger partial charge in [0.05, 0.1) is 17.6 Å². The Morgan fingerprint density at radius 1 is 1.00 bits per heavy atom. The zero-order chi connectivity index (χ0) is 27.1. The van der Waals surface area contributed by atoms with E-state index in [1.165, 1.54) is 13.8 Å². The van der Waals surface area contributed by atoms with Crippen molar-refractivity contribution in [1.82, 2.24) is 0 Å². The van der Waals surface area contributed by atoms with Crippen LogP contribution in [0.4, 0.5) is 0 Å². The van der Waals surface area contributed by atoms with Gasteiger partial charge in [0, 0.05) is 12.8 Å². The first-order valence-electron chi connectivity index (χ1n) is 13.9. The Kier molecular flexibility index (Phi) is 5.19. The van der Waals surface area contributed by atoms with Crippen LogP contribution in [0.3, 0.4) is 0 Å². The van der Waals surface area contributed by atoms with E-state index < -0.39 is 52.1 Å². The number of hydrogen-bond acceptors (Lipinski definition) is 9. The average molecular weight is 523 g/mol. The molecule has 0 aromatic carbocycles. The van der Waals surface area contributed by atoms with Gasteiger partial charge >= 0.3 is 5.97 Å². The Morgan fingerprint density at radius 2 is 1.68 bits per heavy atom. The van der Waals surface area contributed by atoms with Crippen molar-refractivity contribution in [1.29, 1.82) is 0 Å². The van der Waals surface area contributed by atoms with Crippen molar-refractivity contribution < 1.29 is 44.6 Å². The van der Waals surface area contributed by atoms with Crippen molar-refractivity contribution in [2.75, 3.05) is 0 Å². The molecule has 2 saturated heterocycles. The van der Waals surface area contributed by atoms with Crippen molar-refractivity contribution in [3.63, 3.8) is 0 Å². The molecule has 5 N–H and O–H groups in total. The van der Waals surface area contributed by atoms with Crippen LogP contribution in [0.25, 0.3) is 0 Å². The molecule has 14 atom stereocenters. The Hall–Kier alpha value is -1.10. The second kappa shape index (κ2) is 7.34. The summed E-state index contributed by atoms with van der Waals surface area (Å²) in [6, 6.07) is 0. The molecule has 6 fully saturated rings. The normalized spacial score (nSPS) is 60.4. The number of rotatable bonds is 2. The number of fused-ring (bicyclic) bond motifs is 4. The number of epoxide rings is 1. The molecule has 0 bridgehead atoms. The van der Waals surface area contributed by atoms with E-state index in [0.29, 0.717) is 12.8 Å². The van der Waals surface area contributed by atoms with Gasteiger partial charge in [0.1, 0.15) is 34.8 Å². The van der Waals surface area contributed by atoms with Crippen LogP contribution in [0.15, 0.2) is 0 Å². The van der Waals surface area contributed by atoms with Gasteiger partial charge in [-0.3, -0.25) is 4.79 Å². The summed E-state index contributed by atoms with van der Waals surface area (Å²) in [4.78, 5) is 26.1. The lowest BCUT2D eigenvalue weighted by atomic mass is 9.43. The minimum atomic E-state index is -2.06. The number of aliphatic hydroxyl groups is 5. The van der Waals surface area contributed by atoms with E-state index >= 15 is 0 Å². The van der Waals surface area contributed by atoms with Crippen LogP contribution in [-0.4, -0.2) is 84.1 Å². The third kappa shape index (κ3) is 2.91. The lowest BCUT2D eigenvalue weighted by Gasteiger charge is -2.60. The fraction of sp³-hybridized carbons (Fsp3) is 0.929. The number of carbonyl (C=O) groups excluding carboxylic acids is 2. The van der Waals surface area contributed by atoms with Gasteiger partial charge in [-0.05, 0) is 88.9 Å². The summed E-state index contributed by atoms with van der Waals surface area (Å²) in [5, 5.41) is 54.7. The van der Waals surface area contributed by atoms with Crippen molar-refractivity contribution >= 4 is 11.8 Å². The van der Waals surface area contributed by atoms with Gasteiger partial charge in [-0.25, -0.2) is 4.79 Å². The molecular weight excluding hydrogens is 480 g/mol. The largest absolute Gasteiger partial charge is 0.457 e. The highest BCUT2D eigenvalue weighted by Crippen LogP contribution is 2.74. The van der Waals surface area contributed by atoms with E-state index in [1.54, 1.807) is 6.92 Å². The van der Waals surface area contributed by atoms with E-state index in [1.807, 2.05) is 6.92 Å². The second-order valence-corrected chi connectivity index (χ2v) is 14.2. The first-order valence-corrected chi connectivity index (χ1v) is 13.9. The number of ether oxygens (including phenoxy) is 2. The van der Waals surface area contributed by atoms with E-state index in [2.05, 4.69) is 6.92 Å². The van der Waals surface area contributed by atoms with E-state index in [0.717, 1.165) is 19.3 Å². The highest BCUT2D eigenvalue weighted by atomic mass is 16.6. The summed E-state index contributed by atoms with van der Waals surface area (Å²) in [5.41, 5.74) is -7.37. The summed E-state index contributed by atoms with van der Waals surface area (Å²) in [6.07, 6.45) is 0.232. The summed E-state index contributed by atoms with van der Waals surface area (Å²) in [5.74, 6) is -0.772. The van der Waals surface area contributed by atoms with Crippen LogP contribution in [0.5, 0.6) is 0 Å². The summed E-state index contributed by atoms with van der Waals surface area (Å²) < 4.78 is 11.7. The van der Waals surface area contributed by atoms with Gasteiger partial charge in [0.15, 0.2) is 5.60 Å². The zero-order valence-corrected chi connectivity index (χ0v) is 22.4. The maximum Gasteiger partial charge on any atom is 0.341 e. The topological polar surface area (TPSA) is 157 Å². The van der Waals surface area contributed by atoms with Gasteiger partial charge in [0.25, 0.3) is 0 Å². The van der Waals surface area contributed by atoms with Crippen LogP contribution >= 0.6 is 0 Å². The SMILES string of the molecule is C[C@](O)([C@@H]1C[C@](C)(O)[C@@](C)(O)C(=O)O1)[C@H]1CC[C@H]2[C@@H]3C[C@H]4O[C@]45[C@@H](O)[C@@H](O)CC(=O)[C@]5(C)[C@H]3CC[C@]12C. The monoisotopic (exact) mass is 522 g/mol. The molecule has 208 valence electrons. The van der Waals surface area contributed by atoms with E-state index in [4.69, 9.17) is 9.47 Å². The maximum absolute atomic E-state index is 13.5. The van der Waals surface area contributed by atoms with Crippen LogP contribution < -0.4 is 0 Å². The lowest BCUT2D eigenvalue weighted by molar-refractivity contribution is -0.251. The molecule has 2 aliphatic heterocycles. The van der Waals surface area contributed by atoms with Gasteiger partial charge in [-0.1, -0.05) is 6.92 Å². The number of ketones is 1. The third-order valence-electron chi connectivity index (χ3n) is 12.6. The Morgan fingerprint density at radius 3 is 2.32 bits per heavy atom. The molecule has 9 heteroatoms. The van der Waals surface area contributed by atoms with Gasteiger partial charge in [0.2, 0.25) is 0 Å². The van der Waals surface area contributed by atoms with E-state index in [9.17, 15) is 35.1 Å². The number of esters is 1. The minimum absolute atomic E-state index is 0.0195. The predicted molar refractivity (Wildman–Crippen MR) is 129 cm³/mol. The molecule has 2 heterocycles. The highest BCUT2D eigenvalue weighted by molar-refractivity contribution is 5.89. The van der Waals surface area contributed by atoms with E-state index in [-0.39, 0.29) is 53.8 Å². The third-order valence-corrected chi connectivity index (χ3v) is 12.6. The summed E-state index contributed by atoms with van der Waals surface area (Å²) >= 11 is 0. The number of hydrogen-bond donors (Lipinski definition) is 5. The first kappa shape index (κ1) is 26.1. The van der Waals surface area contributed by atoms with Gasteiger partial charge < -0.3 is 35.0 Å². The van der Waals surface area contributed by atoms with Crippen molar-refractivity contribution in [2.24, 2.45) is 34.5 Å². The Balaban J connectivity index is 1.30. The summed E-state index contributed by atoms with van der Waals surface area (Å²) in [7, 11) is 0. The van der Waals surface area contributed by atoms with Crippen molar-refractivity contribution in [2.45, 2.75) is 126 Å². The Bertz CT molecular complexity index is 1040. The number of carbonyl (C=O) groups is 2. The van der Waals surface area contributed by atoms with Gasteiger partial charge in [-0.2, -0.15) is 0 Å². The second-order valence-electron chi connectivity index (χ2n) is 14.2. The van der Waals surface area contributed by atoms with Crippen LogP contribution in [-0.2, 0) is 19.1 Å².